The lowest BCUT2D eigenvalue weighted by Crippen LogP contribution is -2.54. The molecule has 2 aliphatic rings. The SMILES string of the molecule is CCOC(=O)c1cnc(N2CC(C3CCCN(CCO)C3)C2)nc1NC(C)c1ccc(Cl)cc1Cl. The van der Waals surface area contributed by atoms with Gasteiger partial charge in [-0.05, 0) is 62.8 Å². The Hall–Kier alpha value is -2.13. The van der Waals surface area contributed by atoms with Crippen LogP contribution in [0.15, 0.2) is 24.4 Å². The summed E-state index contributed by atoms with van der Waals surface area (Å²) in [6.07, 6.45) is 3.93. The van der Waals surface area contributed by atoms with Gasteiger partial charge < -0.3 is 25.0 Å². The van der Waals surface area contributed by atoms with Crippen molar-refractivity contribution in [2.75, 3.05) is 56.2 Å². The molecular formula is C25H33Cl2N5O3. The maximum atomic E-state index is 12.6. The summed E-state index contributed by atoms with van der Waals surface area (Å²) in [5.74, 6) is 1.74. The first-order valence-corrected chi connectivity index (χ1v) is 13.0. The van der Waals surface area contributed by atoms with Gasteiger partial charge in [0.25, 0.3) is 0 Å². The number of esters is 1. The van der Waals surface area contributed by atoms with Gasteiger partial charge >= 0.3 is 5.97 Å². The minimum atomic E-state index is -0.469. The number of benzene rings is 1. The average Bonchev–Trinajstić information content (AvgIpc) is 2.79. The molecule has 2 unspecified atom stereocenters. The molecule has 2 fully saturated rings. The van der Waals surface area contributed by atoms with Crippen LogP contribution in [0, 0.1) is 11.8 Å². The zero-order valence-corrected chi connectivity index (χ0v) is 21.7. The Kier molecular flexibility index (Phi) is 8.70. The van der Waals surface area contributed by atoms with Crippen molar-refractivity contribution in [1.82, 2.24) is 14.9 Å². The summed E-state index contributed by atoms with van der Waals surface area (Å²) in [7, 11) is 0. The van der Waals surface area contributed by atoms with Crippen LogP contribution in [0.5, 0.6) is 0 Å². The summed E-state index contributed by atoms with van der Waals surface area (Å²) in [6, 6.07) is 5.12. The van der Waals surface area contributed by atoms with E-state index in [0.29, 0.717) is 33.6 Å². The number of ether oxygens (including phenoxy) is 1. The number of carbonyl (C=O) groups excluding carboxylic acids is 1. The van der Waals surface area contributed by atoms with Gasteiger partial charge in [0.1, 0.15) is 11.4 Å². The molecule has 2 aliphatic heterocycles. The number of rotatable bonds is 9. The summed E-state index contributed by atoms with van der Waals surface area (Å²) >= 11 is 12.4. The second kappa shape index (κ2) is 11.7. The molecule has 3 heterocycles. The van der Waals surface area contributed by atoms with Gasteiger partial charge in [0.15, 0.2) is 0 Å². The highest BCUT2D eigenvalue weighted by atomic mass is 35.5. The fourth-order valence-electron chi connectivity index (χ4n) is 4.92. The van der Waals surface area contributed by atoms with Crippen LogP contribution in [-0.2, 0) is 4.74 Å². The number of aliphatic hydroxyl groups excluding tert-OH is 1. The van der Waals surface area contributed by atoms with E-state index in [0.717, 1.165) is 38.3 Å². The van der Waals surface area contributed by atoms with Gasteiger partial charge in [-0.1, -0.05) is 29.3 Å². The fourth-order valence-corrected chi connectivity index (χ4v) is 5.50. The summed E-state index contributed by atoms with van der Waals surface area (Å²) in [5.41, 5.74) is 1.14. The van der Waals surface area contributed by atoms with Crippen LogP contribution >= 0.6 is 23.2 Å². The number of halogens is 2. The normalized spacial score (nSPS) is 19.8. The van der Waals surface area contributed by atoms with Gasteiger partial charge in [-0.3, -0.25) is 0 Å². The molecule has 8 nitrogen and oxygen atoms in total. The van der Waals surface area contributed by atoms with E-state index >= 15 is 0 Å². The van der Waals surface area contributed by atoms with Gasteiger partial charge in [0.05, 0.1) is 19.3 Å². The number of piperidine rings is 1. The van der Waals surface area contributed by atoms with E-state index in [-0.39, 0.29) is 24.8 Å². The Bertz CT molecular complexity index is 1030. The number of likely N-dealkylation sites (tertiary alicyclic amines) is 1. The Morgan fingerprint density at radius 3 is 2.80 bits per heavy atom. The molecule has 0 saturated carbocycles. The zero-order chi connectivity index (χ0) is 24.9. The molecule has 1 aromatic heterocycles. The molecule has 0 aliphatic carbocycles. The van der Waals surface area contributed by atoms with Gasteiger partial charge in [-0.25, -0.2) is 9.78 Å². The maximum absolute atomic E-state index is 12.6. The molecule has 2 aromatic rings. The molecule has 2 N–H and O–H groups in total. The van der Waals surface area contributed by atoms with Crippen LogP contribution in [0.4, 0.5) is 11.8 Å². The average molecular weight is 522 g/mol. The molecule has 1 aromatic carbocycles. The minimum absolute atomic E-state index is 0.208. The highest BCUT2D eigenvalue weighted by Crippen LogP contribution is 2.34. The van der Waals surface area contributed by atoms with Gasteiger partial charge in [0, 0.05) is 42.4 Å². The van der Waals surface area contributed by atoms with E-state index in [9.17, 15) is 9.90 Å². The Labute approximate surface area is 216 Å². The first-order chi connectivity index (χ1) is 16.9. The maximum Gasteiger partial charge on any atom is 0.343 e. The topological polar surface area (TPSA) is 90.8 Å². The van der Waals surface area contributed by atoms with Crippen molar-refractivity contribution in [3.63, 3.8) is 0 Å². The van der Waals surface area contributed by atoms with Crippen LogP contribution in [0.3, 0.4) is 0 Å². The van der Waals surface area contributed by atoms with Crippen molar-refractivity contribution in [1.29, 1.82) is 0 Å². The largest absolute Gasteiger partial charge is 0.462 e. The van der Waals surface area contributed by atoms with Crippen molar-refractivity contribution < 1.29 is 14.6 Å². The minimum Gasteiger partial charge on any atom is -0.462 e. The smallest absolute Gasteiger partial charge is 0.343 e. The van der Waals surface area contributed by atoms with Gasteiger partial charge in [0.2, 0.25) is 5.95 Å². The molecule has 190 valence electrons. The van der Waals surface area contributed by atoms with E-state index in [1.54, 1.807) is 19.1 Å². The molecule has 4 rings (SSSR count). The van der Waals surface area contributed by atoms with Crippen molar-refractivity contribution in [2.24, 2.45) is 11.8 Å². The molecule has 0 bridgehead atoms. The van der Waals surface area contributed by atoms with E-state index in [4.69, 9.17) is 32.9 Å². The lowest BCUT2D eigenvalue weighted by molar-refractivity contribution is 0.0526. The van der Waals surface area contributed by atoms with E-state index in [1.165, 1.54) is 19.0 Å². The molecule has 35 heavy (non-hydrogen) atoms. The number of aliphatic hydroxyl groups is 1. The van der Waals surface area contributed by atoms with Crippen LogP contribution in [0.1, 0.15) is 48.7 Å². The molecular weight excluding hydrogens is 489 g/mol. The van der Waals surface area contributed by atoms with Crippen molar-refractivity contribution in [3.05, 3.63) is 45.6 Å². The Morgan fingerprint density at radius 1 is 1.29 bits per heavy atom. The number of hydrogen-bond acceptors (Lipinski definition) is 8. The third-order valence-electron chi connectivity index (χ3n) is 6.87. The highest BCUT2D eigenvalue weighted by Gasteiger charge is 2.37. The second-order valence-electron chi connectivity index (χ2n) is 9.28. The van der Waals surface area contributed by atoms with Crippen molar-refractivity contribution in [2.45, 2.75) is 32.7 Å². The van der Waals surface area contributed by atoms with Gasteiger partial charge in [-0.15, -0.1) is 0 Å². The summed E-state index contributed by atoms with van der Waals surface area (Å²) in [6.45, 7) is 8.81. The number of hydrogen-bond donors (Lipinski definition) is 2. The number of nitrogens with zero attached hydrogens (tertiary/aromatic N) is 4. The third kappa shape index (κ3) is 6.17. The lowest BCUT2D eigenvalue weighted by Gasteiger charge is -2.46. The molecule has 0 amide bonds. The highest BCUT2D eigenvalue weighted by molar-refractivity contribution is 6.35. The zero-order valence-electron chi connectivity index (χ0n) is 20.2. The molecule has 0 spiro atoms. The summed E-state index contributed by atoms with van der Waals surface area (Å²) in [4.78, 5) is 26.3. The number of β-amino-alcohol motifs (C(OH)–C–C–N with tert-alkyl or cyclic N) is 1. The van der Waals surface area contributed by atoms with Gasteiger partial charge in [-0.2, -0.15) is 4.98 Å². The predicted molar refractivity (Wildman–Crippen MR) is 138 cm³/mol. The predicted octanol–water partition coefficient (Wildman–Crippen LogP) is 4.27. The molecule has 10 heteroatoms. The fraction of sp³-hybridized carbons (Fsp3) is 0.560. The third-order valence-corrected chi connectivity index (χ3v) is 7.43. The van der Waals surface area contributed by atoms with Crippen molar-refractivity contribution >= 4 is 40.9 Å². The van der Waals surface area contributed by atoms with E-state index < -0.39 is 5.97 Å². The standard InChI is InChI=1S/C25H33Cl2N5O3/c1-3-35-24(34)21-12-28-25(30-23(21)29-16(2)20-7-6-19(26)11-22(20)27)32-14-18(15-32)17-5-4-8-31(13-17)9-10-33/h6-7,11-12,16-18,33H,3-5,8-10,13-15H2,1-2H3,(H,28,29,30). The molecule has 2 atom stereocenters. The first-order valence-electron chi connectivity index (χ1n) is 12.2. The molecule has 0 radical (unpaired) electrons. The number of nitrogens with one attached hydrogen (secondary N) is 1. The monoisotopic (exact) mass is 521 g/mol. The van der Waals surface area contributed by atoms with Crippen LogP contribution in [0.2, 0.25) is 10.0 Å². The van der Waals surface area contributed by atoms with Crippen LogP contribution in [-0.4, -0.2) is 71.9 Å². The number of carbonyl (C=O) groups is 1. The second-order valence-corrected chi connectivity index (χ2v) is 10.1. The summed E-state index contributed by atoms with van der Waals surface area (Å²) in [5, 5.41) is 13.7. The summed E-state index contributed by atoms with van der Waals surface area (Å²) < 4.78 is 5.22. The number of aromatic nitrogens is 2. The molecule has 2 saturated heterocycles. The van der Waals surface area contributed by atoms with E-state index in [2.05, 4.69) is 20.1 Å². The number of anilines is 2. The van der Waals surface area contributed by atoms with Crippen molar-refractivity contribution in [3.8, 4) is 0 Å². The Balaban J connectivity index is 1.48. The first kappa shape index (κ1) is 25.9. The van der Waals surface area contributed by atoms with E-state index in [1.807, 2.05) is 13.0 Å². The lowest BCUT2D eigenvalue weighted by atomic mass is 9.81. The quantitative estimate of drug-likeness (QED) is 0.472. The van der Waals surface area contributed by atoms with Crippen LogP contribution < -0.4 is 10.2 Å². The Morgan fingerprint density at radius 2 is 2.09 bits per heavy atom. The van der Waals surface area contributed by atoms with Crippen LogP contribution in [0.25, 0.3) is 0 Å².